The summed E-state index contributed by atoms with van der Waals surface area (Å²) < 4.78 is 5.49. The first-order chi connectivity index (χ1) is 6.84. The molecule has 0 aliphatic carbocycles. The number of hydrogen-bond donors (Lipinski definition) is 0. The summed E-state index contributed by atoms with van der Waals surface area (Å²) in [7, 11) is 0. The maximum absolute atomic E-state index is 9.83. The summed E-state index contributed by atoms with van der Waals surface area (Å²) in [5.41, 5.74) is 1.23. The van der Waals surface area contributed by atoms with E-state index in [2.05, 4.69) is 10.8 Å². The average Bonchev–Trinajstić information content (AvgIpc) is 2.58. The predicted molar refractivity (Wildman–Crippen MR) is 58.9 cm³/mol. The highest BCUT2D eigenvalue weighted by atomic mass is 35.5. The lowest BCUT2D eigenvalue weighted by atomic mass is 10.1. The molecule has 2 nitrogen and oxygen atoms in total. The van der Waals surface area contributed by atoms with Gasteiger partial charge in [0.15, 0.2) is 0 Å². The summed E-state index contributed by atoms with van der Waals surface area (Å²) in [4.78, 5) is 9.83. The number of unbranched alkanes of at least 4 members (excludes halogenated alkanes) is 2. The topological polar surface area (TPSA) is 26.3 Å². The smallest absolute Gasteiger partial charge is 0.293 e. The molecule has 0 bridgehead atoms. The molecule has 4 heteroatoms. The summed E-state index contributed by atoms with van der Waals surface area (Å²) in [5.74, 6) is 0. The maximum atomic E-state index is 9.83. The number of carbonyl (C=O) groups is 1. The molecule has 14 heavy (non-hydrogen) atoms. The Balaban J connectivity index is 2.04. The van der Waals surface area contributed by atoms with Crippen LogP contribution in [0.1, 0.15) is 24.8 Å². The second kappa shape index (κ2) is 6.85. The van der Waals surface area contributed by atoms with E-state index in [-0.39, 0.29) is 0 Å². The van der Waals surface area contributed by atoms with Crippen molar-refractivity contribution in [3.63, 3.8) is 0 Å². The van der Waals surface area contributed by atoms with Gasteiger partial charge in [0.2, 0.25) is 0 Å². The van der Waals surface area contributed by atoms with Crippen molar-refractivity contribution >= 4 is 29.4 Å². The lowest BCUT2D eigenvalue weighted by molar-refractivity contribution is -0.128. The fourth-order valence-electron chi connectivity index (χ4n) is 1.22. The minimum absolute atomic E-state index is 0.496. The van der Waals surface area contributed by atoms with Crippen LogP contribution in [0.2, 0.25) is 4.34 Å². The van der Waals surface area contributed by atoms with E-state index >= 15 is 0 Å². The Kier molecular flexibility index (Phi) is 5.64. The second-order valence-corrected chi connectivity index (χ2v) is 4.52. The molecule has 1 aromatic heterocycles. The van der Waals surface area contributed by atoms with Crippen molar-refractivity contribution < 1.29 is 9.53 Å². The Morgan fingerprint density at radius 3 is 2.93 bits per heavy atom. The number of aryl methyl sites for hydroxylation is 1. The molecular formula is C10H13ClO2S. The predicted octanol–water partition coefficient (Wildman–Crippen LogP) is 3.29. The molecule has 78 valence electrons. The van der Waals surface area contributed by atoms with Crippen molar-refractivity contribution in [3.8, 4) is 0 Å². The van der Waals surface area contributed by atoms with Crippen LogP contribution in [0.15, 0.2) is 11.4 Å². The Labute approximate surface area is 92.8 Å². The Hall–Kier alpha value is -0.540. The molecule has 0 unspecified atom stereocenters. The van der Waals surface area contributed by atoms with Gasteiger partial charge in [0, 0.05) is 0 Å². The van der Waals surface area contributed by atoms with Crippen LogP contribution in [0.4, 0.5) is 0 Å². The van der Waals surface area contributed by atoms with Crippen molar-refractivity contribution in [1.29, 1.82) is 0 Å². The van der Waals surface area contributed by atoms with E-state index in [1.807, 2.05) is 5.38 Å². The van der Waals surface area contributed by atoms with Gasteiger partial charge in [-0.1, -0.05) is 11.6 Å². The van der Waals surface area contributed by atoms with Gasteiger partial charge in [0.05, 0.1) is 10.9 Å². The van der Waals surface area contributed by atoms with Crippen LogP contribution in [0.5, 0.6) is 0 Å². The first-order valence-electron chi connectivity index (χ1n) is 4.61. The number of thiophene rings is 1. The molecule has 1 heterocycles. The summed E-state index contributed by atoms with van der Waals surface area (Å²) in [6.07, 6.45) is 4.11. The molecular weight excluding hydrogens is 220 g/mol. The molecule has 0 saturated heterocycles. The Bertz CT molecular complexity index is 273. The molecule has 0 aromatic carbocycles. The number of carbonyl (C=O) groups excluding carboxylic acids is 1. The van der Waals surface area contributed by atoms with E-state index in [9.17, 15) is 4.79 Å². The fraction of sp³-hybridized carbons (Fsp3) is 0.500. The van der Waals surface area contributed by atoms with Gasteiger partial charge in [-0.25, -0.2) is 0 Å². The molecule has 1 aromatic rings. The minimum Gasteiger partial charge on any atom is -0.468 e. The molecule has 0 fully saturated rings. The monoisotopic (exact) mass is 232 g/mol. The molecule has 0 saturated carbocycles. The van der Waals surface area contributed by atoms with Gasteiger partial charge in [0.25, 0.3) is 6.47 Å². The van der Waals surface area contributed by atoms with Crippen LogP contribution in [0.25, 0.3) is 0 Å². The lowest BCUT2D eigenvalue weighted by Crippen LogP contribution is -1.92. The number of hydrogen-bond acceptors (Lipinski definition) is 3. The van der Waals surface area contributed by atoms with Crippen LogP contribution >= 0.6 is 22.9 Å². The van der Waals surface area contributed by atoms with Gasteiger partial charge in [-0.2, -0.15) is 0 Å². The molecule has 0 atom stereocenters. The first kappa shape index (κ1) is 11.5. The van der Waals surface area contributed by atoms with Crippen molar-refractivity contribution in [3.05, 3.63) is 21.3 Å². The highest BCUT2D eigenvalue weighted by molar-refractivity contribution is 7.14. The van der Waals surface area contributed by atoms with Gasteiger partial charge in [-0.05, 0) is 42.7 Å². The zero-order valence-corrected chi connectivity index (χ0v) is 9.44. The normalized spacial score (nSPS) is 10.1. The van der Waals surface area contributed by atoms with Crippen molar-refractivity contribution in [1.82, 2.24) is 0 Å². The first-order valence-corrected chi connectivity index (χ1v) is 5.87. The van der Waals surface area contributed by atoms with Gasteiger partial charge >= 0.3 is 0 Å². The third-order valence-electron chi connectivity index (χ3n) is 1.97. The third kappa shape index (κ3) is 4.11. The molecule has 0 aliphatic heterocycles. The standard InChI is InChI=1S/C10H13ClO2S/c11-10-9(5-7-14-10)4-2-1-3-6-13-8-12/h5,7-8H,1-4,6H2. The second-order valence-electron chi connectivity index (χ2n) is 3.00. The van der Waals surface area contributed by atoms with Gasteiger partial charge < -0.3 is 4.74 Å². The summed E-state index contributed by atoms with van der Waals surface area (Å²) in [6, 6.07) is 2.06. The molecule has 0 aliphatic rings. The van der Waals surface area contributed by atoms with Crippen molar-refractivity contribution in [2.75, 3.05) is 6.61 Å². The highest BCUT2D eigenvalue weighted by Gasteiger charge is 2.00. The fourth-order valence-corrected chi connectivity index (χ4v) is 2.21. The average molecular weight is 233 g/mol. The van der Waals surface area contributed by atoms with E-state index < -0.39 is 0 Å². The van der Waals surface area contributed by atoms with Crippen LogP contribution in [0.3, 0.4) is 0 Å². The quantitative estimate of drug-likeness (QED) is 0.533. The summed E-state index contributed by atoms with van der Waals surface area (Å²) in [5, 5.41) is 2.01. The Morgan fingerprint density at radius 2 is 2.29 bits per heavy atom. The van der Waals surface area contributed by atoms with Gasteiger partial charge in [-0.15, -0.1) is 11.3 Å². The number of halogens is 1. The van der Waals surface area contributed by atoms with E-state index in [4.69, 9.17) is 11.6 Å². The van der Waals surface area contributed by atoms with Crippen molar-refractivity contribution in [2.24, 2.45) is 0 Å². The molecule has 0 radical (unpaired) electrons. The van der Waals surface area contributed by atoms with Crippen LogP contribution in [-0.2, 0) is 16.0 Å². The van der Waals surface area contributed by atoms with Gasteiger partial charge in [-0.3, -0.25) is 4.79 Å². The Morgan fingerprint density at radius 1 is 1.43 bits per heavy atom. The van der Waals surface area contributed by atoms with E-state index in [1.54, 1.807) is 11.3 Å². The molecule has 0 amide bonds. The maximum Gasteiger partial charge on any atom is 0.293 e. The van der Waals surface area contributed by atoms with E-state index in [0.29, 0.717) is 13.1 Å². The number of ether oxygens (including phenoxy) is 1. The van der Waals surface area contributed by atoms with Gasteiger partial charge in [0.1, 0.15) is 0 Å². The highest BCUT2D eigenvalue weighted by Crippen LogP contribution is 2.24. The van der Waals surface area contributed by atoms with E-state index in [1.165, 1.54) is 5.56 Å². The third-order valence-corrected chi connectivity index (χ3v) is 3.22. The largest absolute Gasteiger partial charge is 0.468 e. The SMILES string of the molecule is O=COCCCCCc1ccsc1Cl. The summed E-state index contributed by atoms with van der Waals surface area (Å²) in [6.45, 7) is 1.02. The number of rotatable bonds is 7. The molecule has 1 rings (SSSR count). The lowest BCUT2D eigenvalue weighted by Gasteiger charge is -1.99. The van der Waals surface area contributed by atoms with Crippen LogP contribution < -0.4 is 0 Å². The molecule has 0 N–H and O–H groups in total. The molecule has 0 spiro atoms. The van der Waals surface area contributed by atoms with Crippen LogP contribution in [-0.4, -0.2) is 13.1 Å². The zero-order valence-electron chi connectivity index (χ0n) is 7.87. The zero-order chi connectivity index (χ0) is 10.2. The van der Waals surface area contributed by atoms with Crippen molar-refractivity contribution in [2.45, 2.75) is 25.7 Å². The summed E-state index contributed by atoms with van der Waals surface area (Å²) >= 11 is 7.52. The van der Waals surface area contributed by atoms with Crippen LogP contribution in [0, 0.1) is 0 Å². The van der Waals surface area contributed by atoms with E-state index in [0.717, 1.165) is 30.0 Å². The minimum atomic E-state index is 0.496.